The Hall–Kier alpha value is -3.12. The van der Waals surface area contributed by atoms with Gasteiger partial charge < -0.3 is 9.15 Å². The first-order valence-electron chi connectivity index (χ1n) is 8.83. The van der Waals surface area contributed by atoms with Crippen LogP contribution in [0.2, 0.25) is 0 Å². The molecule has 0 saturated heterocycles. The fraction of sp³-hybridized carbons (Fsp3) is 0.0909. The highest BCUT2D eigenvalue weighted by Gasteiger charge is 2.32. The quantitative estimate of drug-likeness (QED) is 0.511. The summed E-state index contributed by atoms with van der Waals surface area (Å²) in [5, 5.41) is 0. The standard InChI is InChI=1S/C22H17BrN2O3/c1-2-27-18-11-9-17(10-12-18)25-21(15-5-7-16(23)8-6-15)24-20(22(25)26)14-19-4-3-13-28-19/h3-14H,2H2,1H3/b20-14+. The molecule has 0 atom stereocenters. The van der Waals surface area contributed by atoms with Crippen LogP contribution in [0, 0.1) is 0 Å². The van der Waals surface area contributed by atoms with Crippen LogP contribution < -0.4 is 9.64 Å². The zero-order valence-electron chi connectivity index (χ0n) is 15.1. The van der Waals surface area contributed by atoms with Crippen molar-refractivity contribution in [2.75, 3.05) is 11.5 Å². The Morgan fingerprint density at radius 2 is 1.86 bits per heavy atom. The summed E-state index contributed by atoms with van der Waals surface area (Å²) in [4.78, 5) is 19.4. The number of hydrogen-bond donors (Lipinski definition) is 0. The minimum Gasteiger partial charge on any atom is -0.494 e. The molecule has 0 N–H and O–H groups in total. The number of furan rings is 1. The highest BCUT2D eigenvalue weighted by Crippen LogP contribution is 2.29. The molecule has 0 spiro atoms. The molecule has 0 fully saturated rings. The van der Waals surface area contributed by atoms with Crippen LogP contribution in [0.5, 0.6) is 5.75 Å². The maximum atomic E-state index is 13.2. The number of anilines is 1. The normalized spacial score (nSPS) is 15.2. The summed E-state index contributed by atoms with van der Waals surface area (Å²) < 4.78 is 11.8. The first-order chi connectivity index (χ1) is 13.7. The molecule has 5 nitrogen and oxygen atoms in total. The second-order valence-electron chi connectivity index (χ2n) is 6.05. The van der Waals surface area contributed by atoms with E-state index in [1.54, 1.807) is 29.4 Å². The van der Waals surface area contributed by atoms with Gasteiger partial charge in [-0.25, -0.2) is 4.99 Å². The SMILES string of the molecule is CCOc1ccc(N2C(=O)/C(=C\c3ccco3)N=C2c2ccc(Br)cc2)cc1. The van der Waals surface area contributed by atoms with Gasteiger partial charge in [0.15, 0.2) is 0 Å². The molecule has 140 valence electrons. The fourth-order valence-electron chi connectivity index (χ4n) is 2.92. The lowest BCUT2D eigenvalue weighted by atomic mass is 10.1. The summed E-state index contributed by atoms with van der Waals surface area (Å²) >= 11 is 3.44. The maximum absolute atomic E-state index is 13.2. The summed E-state index contributed by atoms with van der Waals surface area (Å²) in [6.07, 6.45) is 3.21. The molecule has 4 rings (SSSR count). The topological polar surface area (TPSA) is 55.0 Å². The van der Waals surface area contributed by atoms with Crippen LogP contribution >= 0.6 is 15.9 Å². The third kappa shape index (κ3) is 3.64. The highest BCUT2D eigenvalue weighted by molar-refractivity contribution is 9.10. The number of aliphatic imine (C=N–C) groups is 1. The number of rotatable bonds is 5. The first-order valence-corrected chi connectivity index (χ1v) is 9.62. The lowest BCUT2D eigenvalue weighted by Crippen LogP contribution is -2.32. The van der Waals surface area contributed by atoms with E-state index in [-0.39, 0.29) is 5.91 Å². The van der Waals surface area contributed by atoms with E-state index < -0.39 is 0 Å². The molecule has 3 aromatic rings. The molecular weight excluding hydrogens is 420 g/mol. The Kier molecular flexibility index (Phi) is 5.12. The van der Waals surface area contributed by atoms with E-state index in [1.807, 2.05) is 55.5 Å². The van der Waals surface area contributed by atoms with E-state index in [2.05, 4.69) is 20.9 Å². The first kappa shape index (κ1) is 18.3. The van der Waals surface area contributed by atoms with Gasteiger partial charge in [-0.2, -0.15) is 0 Å². The molecule has 2 heterocycles. The molecule has 6 heteroatoms. The molecule has 2 aromatic carbocycles. The number of amidine groups is 1. The van der Waals surface area contributed by atoms with E-state index in [1.165, 1.54) is 0 Å². The van der Waals surface area contributed by atoms with Gasteiger partial charge in [-0.3, -0.25) is 9.69 Å². The third-order valence-corrected chi connectivity index (χ3v) is 4.72. The van der Waals surface area contributed by atoms with Crippen molar-refractivity contribution >= 4 is 39.4 Å². The summed E-state index contributed by atoms with van der Waals surface area (Å²) in [5.41, 5.74) is 1.88. The van der Waals surface area contributed by atoms with Crippen LogP contribution in [-0.4, -0.2) is 18.3 Å². The molecule has 0 aliphatic carbocycles. The monoisotopic (exact) mass is 436 g/mol. The van der Waals surface area contributed by atoms with Crippen LogP contribution in [0.3, 0.4) is 0 Å². The van der Waals surface area contributed by atoms with Crippen LogP contribution in [0.1, 0.15) is 18.2 Å². The summed E-state index contributed by atoms with van der Waals surface area (Å²) in [6.45, 7) is 2.52. The second-order valence-corrected chi connectivity index (χ2v) is 6.97. The molecule has 0 radical (unpaired) electrons. The number of carbonyl (C=O) groups is 1. The van der Waals surface area contributed by atoms with Gasteiger partial charge in [0.05, 0.1) is 18.6 Å². The number of halogens is 1. The molecule has 0 unspecified atom stereocenters. The molecule has 0 saturated carbocycles. The van der Waals surface area contributed by atoms with Crippen molar-refractivity contribution in [1.82, 2.24) is 0 Å². The average molecular weight is 437 g/mol. The van der Waals surface area contributed by atoms with Gasteiger partial charge in [0, 0.05) is 16.1 Å². The predicted octanol–water partition coefficient (Wildman–Crippen LogP) is 5.28. The van der Waals surface area contributed by atoms with E-state index in [0.717, 1.165) is 21.5 Å². The number of hydrogen-bond acceptors (Lipinski definition) is 4. The summed E-state index contributed by atoms with van der Waals surface area (Å²) in [6, 6.07) is 18.7. The number of ether oxygens (including phenoxy) is 1. The number of nitrogens with zero attached hydrogens (tertiary/aromatic N) is 2. The van der Waals surface area contributed by atoms with Gasteiger partial charge in [-0.1, -0.05) is 28.1 Å². The van der Waals surface area contributed by atoms with Gasteiger partial charge >= 0.3 is 0 Å². The van der Waals surface area contributed by atoms with E-state index >= 15 is 0 Å². The van der Waals surface area contributed by atoms with E-state index in [9.17, 15) is 4.79 Å². The lowest BCUT2D eigenvalue weighted by molar-refractivity contribution is -0.113. The Labute approximate surface area is 171 Å². The average Bonchev–Trinajstić information content (AvgIpc) is 3.32. The predicted molar refractivity (Wildman–Crippen MR) is 112 cm³/mol. The molecule has 0 bridgehead atoms. The molecule has 1 aromatic heterocycles. The Balaban J connectivity index is 1.77. The zero-order valence-corrected chi connectivity index (χ0v) is 16.7. The second kappa shape index (κ2) is 7.86. The van der Waals surface area contributed by atoms with E-state index in [4.69, 9.17) is 9.15 Å². The maximum Gasteiger partial charge on any atom is 0.282 e. The van der Waals surface area contributed by atoms with Crippen LogP contribution in [-0.2, 0) is 4.79 Å². The Morgan fingerprint density at radius 1 is 1.11 bits per heavy atom. The van der Waals surface area contributed by atoms with Crippen molar-refractivity contribution in [3.05, 3.63) is 88.4 Å². The molecular formula is C22H17BrN2O3. The largest absolute Gasteiger partial charge is 0.494 e. The van der Waals surface area contributed by atoms with Crippen LogP contribution in [0.25, 0.3) is 6.08 Å². The van der Waals surface area contributed by atoms with Crippen molar-refractivity contribution in [2.24, 2.45) is 4.99 Å². The van der Waals surface area contributed by atoms with Crippen LogP contribution in [0.4, 0.5) is 5.69 Å². The third-order valence-electron chi connectivity index (χ3n) is 4.19. The Bertz CT molecular complexity index is 1040. The molecule has 28 heavy (non-hydrogen) atoms. The number of carbonyl (C=O) groups excluding carboxylic acids is 1. The van der Waals surface area contributed by atoms with E-state index in [0.29, 0.717) is 23.9 Å². The van der Waals surface area contributed by atoms with Crippen molar-refractivity contribution in [3.63, 3.8) is 0 Å². The molecule has 1 amide bonds. The van der Waals surface area contributed by atoms with Crippen molar-refractivity contribution in [1.29, 1.82) is 0 Å². The lowest BCUT2D eigenvalue weighted by Gasteiger charge is -2.19. The smallest absolute Gasteiger partial charge is 0.282 e. The van der Waals surface area contributed by atoms with Crippen molar-refractivity contribution in [2.45, 2.75) is 6.92 Å². The van der Waals surface area contributed by atoms with Crippen molar-refractivity contribution in [3.8, 4) is 5.75 Å². The highest BCUT2D eigenvalue weighted by atomic mass is 79.9. The van der Waals surface area contributed by atoms with Gasteiger partial charge in [0.2, 0.25) is 0 Å². The molecule has 1 aliphatic rings. The summed E-state index contributed by atoms with van der Waals surface area (Å²) in [7, 11) is 0. The summed E-state index contributed by atoms with van der Waals surface area (Å²) in [5.74, 6) is 1.69. The van der Waals surface area contributed by atoms with Gasteiger partial charge in [0.25, 0.3) is 5.91 Å². The fourth-order valence-corrected chi connectivity index (χ4v) is 3.18. The van der Waals surface area contributed by atoms with Gasteiger partial charge in [-0.05, 0) is 55.5 Å². The number of benzene rings is 2. The van der Waals surface area contributed by atoms with Crippen LogP contribution in [0.15, 0.2) is 86.5 Å². The Morgan fingerprint density at radius 3 is 2.50 bits per heavy atom. The molecule has 1 aliphatic heterocycles. The minimum atomic E-state index is -0.210. The van der Waals surface area contributed by atoms with Crippen molar-refractivity contribution < 1.29 is 13.9 Å². The number of amides is 1. The van der Waals surface area contributed by atoms with Gasteiger partial charge in [0.1, 0.15) is 23.0 Å². The zero-order chi connectivity index (χ0) is 19.5. The van der Waals surface area contributed by atoms with Gasteiger partial charge in [-0.15, -0.1) is 0 Å². The minimum absolute atomic E-state index is 0.210.